The quantitative estimate of drug-likeness (QED) is 0.786. The Balaban J connectivity index is 2.79. The molecule has 1 aromatic rings. The number of hydrogen-bond donors (Lipinski definition) is 2. The Bertz CT molecular complexity index is 370. The molecule has 0 unspecified atom stereocenters. The number of nitrogens with one attached hydrogen (secondary N) is 1. The van der Waals surface area contributed by atoms with Gasteiger partial charge in [0.05, 0.1) is 13.7 Å². The summed E-state index contributed by atoms with van der Waals surface area (Å²) >= 11 is 0. The number of hydrogen-bond acceptors (Lipinski definition) is 3. The van der Waals surface area contributed by atoms with E-state index in [0.717, 1.165) is 12.8 Å². The van der Waals surface area contributed by atoms with Crippen molar-refractivity contribution >= 4 is 0 Å². The molecule has 0 saturated heterocycles. The smallest absolute Gasteiger partial charge is 0.169 e. The Morgan fingerprint density at radius 2 is 2.00 bits per heavy atom. The van der Waals surface area contributed by atoms with Gasteiger partial charge in [-0.05, 0) is 18.9 Å². The van der Waals surface area contributed by atoms with Crippen LogP contribution in [0.3, 0.4) is 0 Å². The molecule has 1 aromatic carbocycles. The molecule has 0 fully saturated rings. The summed E-state index contributed by atoms with van der Waals surface area (Å²) in [6.45, 7) is 4.44. The van der Waals surface area contributed by atoms with E-state index in [4.69, 9.17) is 4.74 Å². The van der Waals surface area contributed by atoms with E-state index in [1.54, 1.807) is 18.2 Å². The lowest BCUT2D eigenvalue weighted by Crippen LogP contribution is -2.47. The molecule has 3 nitrogen and oxygen atoms in total. The third-order valence-electron chi connectivity index (χ3n) is 3.57. The van der Waals surface area contributed by atoms with Crippen molar-refractivity contribution in [3.05, 3.63) is 29.6 Å². The first kappa shape index (κ1) is 14.9. The van der Waals surface area contributed by atoms with Crippen LogP contribution in [0.4, 0.5) is 4.39 Å². The predicted octanol–water partition coefficient (Wildman–Crippen LogP) is 2.48. The van der Waals surface area contributed by atoms with Crippen molar-refractivity contribution in [1.29, 1.82) is 0 Å². The minimum absolute atomic E-state index is 0.0472. The summed E-state index contributed by atoms with van der Waals surface area (Å²) in [5.41, 5.74) is 0.212. The number of methoxy groups -OCH3 is 1. The summed E-state index contributed by atoms with van der Waals surface area (Å²) in [4.78, 5) is 0. The highest BCUT2D eigenvalue weighted by Crippen LogP contribution is 2.21. The molecule has 0 saturated carbocycles. The van der Waals surface area contributed by atoms with Gasteiger partial charge in [-0.25, -0.2) is 4.39 Å². The second kappa shape index (κ2) is 6.71. The fourth-order valence-electron chi connectivity index (χ4n) is 1.91. The number of aliphatic hydroxyl groups is 1. The lowest BCUT2D eigenvalue weighted by molar-refractivity contribution is 0.149. The van der Waals surface area contributed by atoms with Gasteiger partial charge in [0.2, 0.25) is 0 Å². The Kier molecular flexibility index (Phi) is 5.56. The van der Waals surface area contributed by atoms with Gasteiger partial charge in [0.1, 0.15) is 0 Å². The monoisotopic (exact) mass is 255 g/mol. The number of aliphatic hydroxyl groups excluding tert-OH is 1. The first-order valence-electron chi connectivity index (χ1n) is 6.29. The minimum Gasteiger partial charge on any atom is -0.494 e. The largest absolute Gasteiger partial charge is 0.494 e. The van der Waals surface area contributed by atoms with Crippen LogP contribution in [0.25, 0.3) is 0 Å². The highest BCUT2D eigenvalue weighted by molar-refractivity contribution is 5.31. The molecule has 0 spiro atoms. The van der Waals surface area contributed by atoms with E-state index in [2.05, 4.69) is 5.32 Å². The van der Waals surface area contributed by atoms with Gasteiger partial charge in [-0.2, -0.15) is 0 Å². The molecule has 0 aromatic heterocycles. The van der Waals surface area contributed by atoms with Crippen LogP contribution in [0.15, 0.2) is 18.2 Å². The van der Waals surface area contributed by atoms with Crippen LogP contribution in [-0.2, 0) is 6.54 Å². The fraction of sp³-hybridized carbons (Fsp3) is 0.571. The van der Waals surface area contributed by atoms with Crippen LogP contribution < -0.4 is 10.1 Å². The van der Waals surface area contributed by atoms with Crippen LogP contribution in [0, 0.1) is 5.82 Å². The van der Waals surface area contributed by atoms with E-state index in [1.807, 2.05) is 13.8 Å². The first-order chi connectivity index (χ1) is 8.62. The summed E-state index contributed by atoms with van der Waals surface area (Å²) in [5.74, 6) is -0.0940. The van der Waals surface area contributed by atoms with E-state index in [-0.39, 0.29) is 23.7 Å². The van der Waals surface area contributed by atoms with Crippen LogP contribution in [0.5, 0.6) is 5.75 Å². The number of benzene rings is 1. The lowest BCUT2D eigenvalue weighted by Gasteiger charge is -2.31. The van der Waals surface area contributed by atoms with E-state index >= 15 is 0 Å². The lowest BCUT2D eigenvalue weighted by atomic mass is 9.93. The Morgan fingerprint density at radius 3 is 2.50 bits per heavy atom. The van der Waals surface area contributed by atoms with Crippen molar-refractivity contribution < 1.29 is 14.2 Å². The predicted molar refractivity (Wildman–Crippen MR) is 70.2 cm³/mol. The van der Waals surface area contributed by atoms with Gasteiger partial charge in [-0.3, -0.25) is 0 Å². The van der Waals surface area contributed by atoms with Crippen LogP contribution in [0.1, 0.15) is 32.3 Å². The maximum Gasteiger partial charge on any atom is 0.169 e. The molecule has 2 N–H and O–H groups in total. The van der Waals surface area contributed by atoms with Gasteiger partial charge in [0.15, 0.2) is 11.6 Å². The van der Waals surface area contributed by atoms with Crippen molar-refractivity contribution in [2.75, 3.05) is 13.7 Å². The fourth-order valence-corrected chi connectivity index (χ4v) is 1.91. The van der Waals surface area contributed by atoms with Crippen LogP contribution in [-0.4, -0.2) is 24.4 Å². The summed E-state index contributed by atoms with van der Waals surface area (Å²) in [6.07, 6.45) is 1.59. The van der Waals surface area contributed by atoms with E-state index in [1.165, 1.54) is 7.11 Å². The van der Waals surface area contributed by atoms with Crippen molar-refractivity contribution in [1.82, 2.24) is 5.32 Å². The van der Waals surface area contributed by atoms with Gasteiger partial charge in [-0.1, -0.05) is 26.0 Å². The van der Waals surface area contributed by atoms with Crippen LogP contribution in [0.2, 0.25) is 0 Å². The molecule has 4 heteroatoms. The second-order valence-corrected chi connectivity index (χ2v) is 4.43. The van der Waals surface area contributed by atoms with Crippen molar-refractivity contribution in [2.45, 2.75) is 38.8 Å². The molecule has 0 aliphatic carbocycles. The molecule has 0 heterocycles. The molecule has 0 aliphatic rings. The summed E-state index contributed by atoms with van der Waals surface area (Å²) in [5, 5.41) is 12.7. The molecule has 0 atom stereocenters. The first-order valence-corrected chi connectivity index (χ1v) is 6.29. The summed E-state index contributed by atoms with van der Waals surface area (Å²) in [6, 6.07) is 5.08. The molecule has 0 aliphatic heterocycles. The second-order valence-electron chi connectivity index (χ2n) is 4.43. The standard InChI is InChI=1S/C14H22FNO2/c1-4-14(5-2,10-17)16-9-11-7-6-8-12(18-3)13(11)15/h6-8,16-17H,4-5,9-10H2,1-3H3. The average molecular weight is 255 g/mol. The topological polar surface area (TPSA) is 41.5 Å². The van der Waals surface area contributed by atoms with Crippen molar-refractivity contribution in [3.63, 3.8) is 0 Å². The van der Waals surface area contributed by atoms with Gasteiger partial charge >= 0.3 is 0 Å². The maximum absolute atomic E-state index is 13.9. The van der Waals surface area contributed by atoms with Gasteiger partial charge in [-0.15, -0.1) is 0 Å². The highest BCUT2D eigenvalue weighted by atomic mass is 19.1. The zero-order valence-electron chi connectivity index (χ0n) is 11.3. The molecule has 0 radical (unpaired) electrons. The third-order valence-corrected chi connectivity index (χ3v) is 3.57. The minimum atomic E-state index is -0.341. The van der Waals surface area contributed by atoms with Crippen molar-refractivity contribution in [2.24, 2.45) is 0 Å². The summed E-state index contributed by atoms with van der Waals surface area (Å²) < 4.78 is 18.9. The SMILES string of the molecule is CCC(CC)(CO)NCc1cccc(OC)c1F. The van der Waals surface area contributed by atoms with Crippen molar-refractivity contribution in [3.8, 4) is 5.75 Å². The molecule has 0 bridgehead atoms. The van der Waals surface area contributed by atoms with Gasteiger partial charge in [0, 0.05) is 17.6 Å². The normalized spacial score (nSPS) is 11.6. The Labute approximate surface area is 108 Å². The Morgan fingerprint density at radius 1 is 1.33 bits per heavy atom. The molecule has 18 heavy (non-hydrogen) atoms. The zero-order chi connectivity index (χ0) is 13.6. The molecule has 1 rings (SSSR count). The number of halogens is 1. The summed E-state index contributed by atoms with van der Waals surface area (Å²) in [7, 11) is 1.45. The molecular formula is C14H22FNO2. The van der Waals surface area contributed by atoms with E-state index in [9.17, 15) is 9.50 Å². The number of ether oxygens (including phenoxy) is 1. The van der Waals surface area contributed by atoms with E-state index < -0.39 is 0 Å². The van der Waals surface area contributed by atoms with E-state index in [0.29, 0.717) is 12.1 Å². The van der Waals surface area contributed by atoms with Gasteiger partial charge in [0.25, 0.3) is 0 Å². The molecular weight excluding hydrogens is 233 g/mol. The van der Waals surface area contributed by atoms with Gasteiger partial charge < -0.3 is 15.2 Å². The molecule has 0 amide bonds. The zero-order valence-corrected chi connectivity index (χ0v) is 11.3. The third kappa shape index (κ3) is 3.21. The number of rotatable bonds is 7. The average Bonchev–Trinajstić information content (AvgIpc) is 2.42. The maximum atomic E-state index is 13.9. The Hall–Kier alpha value is -1.13. The van der Waals surface area contributed by atoms with Crippen LogP contribution >= 0.6 is 0 Å². The molecule has 102 valence electrons. The highest BCUT2D eigenvalue weighted by Gasteiger charge is 2.24.